The fraction of sp³-hybridized carbons (Fsp3) is 0.0526. The summed E-state index contributed by atoms with van der Waals surface area (Å²) in [6, 6.07) is 12.0. The molecule has 0 unspecified atom stereocenters. The second-order valence-corrected chi connectivity index (χ2v) is 6.88. The van der Waals surface area contributed by atoms with Gasteiger partial charge in [-0.2, -0.15) is 13.2 Å². The van der Waals surface area contributed by atoms with E-state index < -0.39 is 11.7 Å². The summed E-state index contributed by atoms with van der Waals surface area (Å²) in [6.07, 6.45) is -1.17. The Morgan fingerprint density at radius 3 is 2.67 bits per heavy atom. The number of hydrogen-bond acceptors (Lipinski definition) is 4. The van der Waals surface area contributed by atoms with Crippen LogP contribution in [0.4, 0.5) is 18.9 Å². The molecule has 1 aliphatic heterocycles. The highest BCUT2D eigenvalue weighted by Gasteiger charge is 2.30. The van der Waals surface area contributed by atoms with Crippen LogP contribution >= 0.6 is 11.3 Å². The number of para-hydroxylation sites is 1. The average Bonchev–Trinajstić information content (AvgIpc) is 3.16. The molecule has 0 amide bonds. The number of halogens is 3. The molecule has 3 aromatic rings. The van der Waals surface area contributed by atoms with Gasteiger partial charge in [0.15, 0.2) is 4.80 Å². The second-order valence-electron chi connectivity index (χ2n) is 5.85. The number of fused-ring (bicyclic) bond motifs is 1. The SMILES string of the molecule is N=c1sc(/C=C2/C=Nc3ccccc32)c(O)n1-c1cccc(C(F)(F)F)c1. The highest BCUT2D eigenvalue weighted by Crippen LogP contribution is 2.35. The van der Waals surface area contributed by atoms with E-state index in [9.17, 15) is 18.3 Å². The number of aliphatic imine (C=N–C) groups is 1. The van der Waals surface area contributed by atoms with Crippen molar-refractivity contribution in [3.63, 3.8) is 0 Å². The Balaban J connectivity index is 1.80. The third-order valence-electron chi connectivity index (χ3n) is 4.12. The molecule has 2 heterocycles. The molecule has 0 bridgehead atoms. The predicted molar refractivity (Wildman–Crippen MR) is 98.6 cm³/mol. The first kappa shape index (κ1) is 17.3. The van der Waals surface area contributed by atoms with Crippen molar-refractivity contribution in [2.75, 3.05) is 0 Å². The van der Waals surface area contributed by atoms with Crippen LogP contribution in [0.3, 0.4) is 0 Å². The number of aromatic nitrogens is 1. The third kappa shape index (κ3) is 3.08. The second kappa shape index (κ2) is 6.24. The van der Waals surface area contributed by atoms with Gasteiger partial charge in [0.25, 0.3) is 0 Å². The van der Waals surface area contributed by atoms with Gasteiger partial charge in [0.1, 0.15) is 0 Å². The highest BCUT2D eigenvalue weighted by atomic mass is 32.1. The first-order chi connectivity index (χ1) is 12.8. The normalized spacial score (nSPS) is 14.7. The summed E-state index contributed by atoms with van der Waals surface area (Å²) in [4.78, 5) is 4.57. The third-order valence-corrected chi connectivity index (χ3v) is 5.01. The Morgan fingerprint density at radius 2 is 1.89 bits per heavy atom. The summed E-state index contributed by atoms with van der Waals surface area (Å²) in [5.74, 6) is -0.283. The Hall–Kier alpha value is -3.13. The molecule has 2 aromatic carbocycles. The van der Waals surface area contributed by atoms with E-state index >= 15 is 0 Å². The van der Waals surface area contributed by atoms with E-state index in [1.54, 1.807) is 12.3 Å². The van der Waals surface area contributed by atoms with Gasteiger partial charge >= 0.3 is 6.18 Å². The molecule has 0 saturated carbocycles. The van der Waals surface area contributed by atoms with Crippen LogP contribution in [-0.2, 0) is 6.18 Å². The maximum atomic E-state index is 13.0. The molecule has 0 spiro atoms. The van der Waals surface area contributed by atoms with Gasteiger partial charge in [-0.3, -0.25) is 15.0 Å². The fourth-order valence-corrected chi connectivity index (χ4v) is 3.71. The zero-order chi connectivity index (χ0) is 19.2. The summed E-state index contributed by atoms with van der Waals surface area (Å²) in [7, 11) is 0. The van der Waals surface area contributed by atoms with Gasteiger partial charge in [0.05, 0.1) is 21.8 Å². The maximum absolute atomic E-state index is 13.0. The van der Waals surface area contributed by atoms with Crippen LogP contribution in [0.1, 0.15) is 16.0 Å². The molecule has 2 N–H and O–H groups in total. The van der Waals surface area contributed by atoms with Gasteiger partial charge in [-0.05, 0) is 30.3 Å². The van der Waals surface area contributed by atoms with Crippen LogP contribution in [0, 0.1) is 5.41 Å². The molecule has 1 aliphatic rings. The molecule has 8 heteroatoms. The summed E-state index contributed by atoms with van der Waals surface area (Å²) < 4.78 is 40.0. The van der Waals surface area contributed by atoms with Gasteiger partial charge in [-0.25, -0.2) is 0 Å². The summed E-state index contributed by atoms with van der Waals surface area (Å²) in [5.41, 5.74) is 1.69. The first-order valence-electron chi connectivity index (χ1n) is 7.87. The minimum absolute atomic E-state index is 0.0775. The van der Waals surface area contributed by atoms with Crippen LogP contribution in [-0.4, -0.2) is 15.9 Å². The molecular weight excluding hydrogens is 375 g/mol. The molecule has 136 valence electrons. The van der Waals surface area contributed by atoms with E-state index in [0.29, 0.717) is 4.88 Å². The number of aromatic hydroxyl groups is 1. The van der Waals surface area contributed by atoms with Gasteiger partial charge in [0.2, 0.25) is 5.88 Å². The van der Waals surface area contributed by atoms with Crippen LogP contribution in [0.5, 0.6) is 5.88 Å². The van der Waals surface area contributed by atoms with Crippen molar-refractivity contribution >= 4 is 34.9 Å². The Labute approximate surface area is 155 Å². The quantitative estimate of drug-likeness (QED) is 0.639. The molecule has 4 nitrogen and oxygen atoms in total. The lowest BCUT2D eigenvalue weighted by Gasteiger charge is -2.10. The van der Waals surface area contributed by atoms with E-state index in [1.807, 2.05) is 24.3 Å². The zero-order valence-corrected chi connectivity index (χ0v) is 14.5. The average molecular weight is 387 g/mol. The van der Waals surface area contributed by atoms with Gasteiger partial charge < -0.3 is 5.11 Å². The minimum atomic E-state index is -4.50. The van der Waals surface area contributed by atoms with Gasteiger partial charge in [0, 0.05) is 17.4 Å². The number of nitrogens with one attached hydrogen (secondary N) is 1. The zero-order valence-electron chi connectivity index (χ0n) is 13.7. The Bertz CT molecular complexity index is 1160. The van der Waals surface area contributed by atoms with E-state index in [-0.39, 0.29) is 16.4 Å². The number of rotatable bonds is 2. The van der Waals surface area contributed by atoms with E-state index in [0.717, 1.165) is 44.9 Å². The number of nitrogens with zero attached hydrogens (tertiary/aromatic N) is 2. The molecule has 4 rings (SSSR count). The molecular formula is C19H12F3N3OS. The van der Waals surface area contributed by atoms with Crippen LogP contribution in [0.15, 0.2) is 53.5 Å². The van der Waals surface area contributed by atoms with Crippen molar-refractivity contribution in [3.05, 3.63) is 69.3 Å². The molecule has 0 fully saturated rings. The summed E-state index contributed by atoms with van der Waals surface area (Å²) >= 11 is 0.971. The number of allylic oxidation sites excluding steroid dienone is 1. The number of thiazole rings is 1. The Kier molecular flexibility index (Phi) is 4.00. The molecule has 0 radical (unpaired) electrons. The smallest absolute Gasteiger partial charge is 0.416 e. The minimum Gasteiger partial charge on any atom is -0.493 e. The standard InChI is InChI=1S/C19H12F3N3OS/c20-19(21,22)12-4-3-5-13(9-12)25-17(26)16(27-18(25)23)8-11-10-24-15-7-2-1-6-14(11)15/h1-10,23,26H/b11-8-,23-18?. The summed E-state index contributed by atoms with van der Waals surface area (Å²) in [6.45, 7) is 0. The lowest BCUT2D eigenvalue weighted by atomic mass is 10.1. The molecule has 0 atom stereocenters. The van der Waals surface area contributed by atoms with Crippen LogP contribution < -0.4 is 4.80 Å². The lowest BCUT2D eigenvalue weighted by molar-refractivity contribution is -0.137. The molecule has 0 aliphatic carbocycles. The first-order valence-corrected chi connectivity index (χ1v) is 8.68. The number of alkyl halides is 3. The Morgan fingerprint density at radius 1 is 1.11 bits per heavy atom. The van der Waals surface area contributed by atoms with E-state index in [4.69, 9.17) is 5.41 Å². The predicted octanol–water partition coefficient (Wildman–Crippen LogP) is 5.00. The van der Waals surface area contributed by atoms with Crippen molar-refractivity contribution in [2.45, 2.75) is 6.18 Å². The van der Waals surface area contributed by atoms with Crippen molar-refractivity contribution < 1.29 is 18.3 Å². The van der Waals surface area contributed by atoms with Gasteiger partial charge in [-0.15, -0.1) is 0 Å². The highest BCUT2D eigenvalue weighted by molar-refractivity contribution is 7.10. The van der Waals surface area contributed by atoms with Crippen molar-refractivity contribution in [3.8, 4) is 11.6 Å². The van der Waals surface area contributed by atoms with Gasteiger partial charge in [-0.1, -0.05) is 35.6 Å². The van der Waals surface area contributed by atoms with Crippen molar-refractivity contribution in [1.29, 1.82) is 5.41 Å². The van der Waals surface area contributed by atoms with E-state index in [2.05, 4.69) is 4.99 Å². The number of benzene rings is 2. The largest absolute Gasteiger partial charge is 0.493 e. The van der Waals surface area contributed by atoms with Crippen LogP contribution in [0.25, 0.3) is 17.3 Å². The lowest BCUT2D eigenvalue weighted by Crippen LogP contribution is -2.12. The van der Waals surface area contributed by atoms with Crippen molar-refractivity contribution in [1.82, 2.24) is 4.57 Å². The summed E-state index contributed by atoms with van der Waals surface area (Å²) in [5, 5.41) is 18.6. The number of hydrogen-bond donors (Lipinski definition) is 2. The topological polar surface area (TPSA) is 61.4 Å². The van der Waals surface area contributed by atoms with Crippen LogP contribution in [0.2, 0.25) is 0 Å². The van der Waals surface area contributed by atoms with Crippen molar-refractivity contribution in [2.24, 2.45) is 4.99 Å². The monoisotopic (exact) mass is 387 g/mol. The molecule has 27 heavy (non-hydrogen) atoms. The van der Waals surface area contributed by atoms with E-state index in [1.165, 1.54) is 12.1 Å². The fourth-order valence-electron chi connectivity index (χ4n) is 2.85. The maximum Gasteiger partial charge on any atom is 0.416 e. The molecule has 0 saturated heterocycles. The molecule has 1 aromatic heterocycles.